The molecule has 0 heterocycles. The van der Waals surface area contributed by atoms with Crippen LogP contribution < -0.4 is 0 Å². The van der Waals surface area contributed by atoms with E-state index in [-0.39, 0.29) is 32.2 Å². The van der Waals surface area contributed by atoms with Gasteiger partial charge in [-0.05, 0) is 70.6 Å². The summed E-state index contributed by atoms with van der Waals surface area (Å²) in [4.78, 5) is 37.6. The molecule has 0 aliphatic carbocycles. The normalized spacial score (nSPS) is 13.2. The summed E-state index contributed by atoms with van der Waals surface area (Å²) in [7, 11) is 5.98. The number of carbonyl (C=O) groups excluding carboxylic acids is 2. The molecule has 0 amide bonds. The predicted molar refractivity (Wildman–Crippen MR) is 359 cm³/mol. The van der Waals surface area contributed by atoms with Gasteiger partial charge in [0.2, 0.25) is 0 Å². The van der Waals surface area contributed by atoms with Gasteiger partial charge in [-0.2, -0.15) is 0 Å². The van der Waals surface area contributed by atoms with Gasteiger partial charge in [0.1, 0.15) is 13.2 Å². The zero-order valence-corrected chi connectivity index (χ0v) is 55.6. The van der Waals surface area contributed by atoms with Crippen LogP contribution in [0.1, 0.15) is 316 Å². The molecule has 0 spiro atoms. The third kappa shape index (κ3) is 66.0. The zero-order chi connectivity index (χ0) is 61.2. The molecule has 486 valence electrons. The smallest absolute Gasteiger partial charge is 0.361 e. The van der Waals surface area contributed by atoms with Gasteiger partial charge in [-0.25, -0.2) is 4.79 Å². The monoisotopic (exact) mass is 1180 g/mol. The maximum Gasteiger partial charge on any atom is 0.361 e. The Morgan fingerprint density at radius 1 is 0.369 bits per heavy atom. The molecule has 84 heavy (non-hydrogen) atoms. The van der Waals surface area contributed by atoms with E-state index in [0.717, 1.165) is 83.5 Å². The van der Waals surface area contributed by atoms with Gasteiger partial charge in [0, 0.05) is 12.8 Å². The number of unbranched alkanes of at least 4 members (excludes halogenated alkanes) is 36. The van der Waals surface area contributed by atoms with Gasteiger partial charge in [0.15, 0.2) is 6.10 Å². The second-order valence-corrected chi connectivity index (χ2v) is 24.8. The Bertz CT molecular complexity index is 1650. The fraction of sp³-hybridized carbons (Fsp3) is 0.773. The van der Waals surface area contributed by atoms with Crippen LogP contribution in [0.3, 0.4) is 0 Å². The SMILES string of the molecule is CC/C=C\C/C=C\C/C=C\C/C=C\C/C=C\C/C=C\C/C=C\CCCCCCCCCCCCCCCC(=O)OC(COC(=O)CCCCCCCCCCCCCCCCCCCCCCCCCC)COC(OCC[N+](C)(C)C)C(=O)O. The highest BCUT2D eigenvalue weighted by Crippen LogP contribution is 2.18. The Kier molecular flexibility index (Phi) is 62.7. The van der Waals surface area contributed by atoms with Crippen LogP contribution in [0.5, 0.6) is 0 Å². The van der Waals surface area contributed by atoms with Crippen LogP contribution >= 0.6 is 0 Å². The Morgan fingerprint density at radius 3 is 1.01 bits per heavy atom. The van der Waals surface area contributed by atoms with E-state index in [1.54, 1.807) is 0 Å². The molecule has 2 atom stereocenters. The van der Waals surface area contributed by atoms with Crippen LogP contribution in [-0.2, 0) is 33.3 Å². The molecule has 0 saturated heterocycles. The van der Waals surface area contributed by atoms with Crippen LogP contribution in [0.15, 0.2) is 85.1 Å². The highest BCUT2D eigenvalue weighted by molar-refractivity contribution is 5.71. The molecule has 0 aliphatic heterocycles. The number of esters is 2. The molecule has 0 aromatic heterocycles. The number of rotatable bonds is 65. The van der Waals surface area contributed by atoms with E-state index >= 15 is 0 Å². The molecular weight excluding hydrogens is 1040 g/mol. The maximum absolute atomic E-state index is 12.9. The number of carboxylic acids is 1. The summed E-state index contributed by atoms with van der Waals surface area (Å²) in [6.45, 7) is 4.81. The Hall–Kier alpha value is -3.53. The number of hydrogen-bond donors (Lipinski definition) is 1. The van der Waals surface area contributed by atoms with Gasteiger partial charge in [-0.15, -0.1) is 0 Å². The van der Waals surface area contributed by atoms with Crippen molar-refractivity contribution in [3.63, 3.8) is 0 Å². The predicted octanol–water partition coefficient (Wildman–Crippen LogP) is 21.9. The number of carboxylic acid groups (broad SMARTS) is 1. The first-order valence-electron chi connectivity index (χ1n) is 35.3. The average Bonchev–Trinajstić information content (AvgIpc) is 3.55. The van der Waals surface area contributed by atoms with Crippen molar-refractivity contribution >= 4 is 17.9 Å². The van der Waals surface area contributed by atoms with Crippen LogP contribution in [0.4, 0.5) is 0 Å². The molecule has 0 radical (unpaired) electrons. The van der Waals surface area contributed by atoms with Crippen LogP contribution in [0.2, 0.25) is 0 Å². The van der Waals surface area contributed by atoms with Gasteiger partial charge in [0.25, 0.3) is 6.29 Å². The average molecular weight is 1180 g/mol. The number of aliphatic carboxylic acids is 1. The van der Waals surface area contributed by atoms with Gasteiger partial charge < -0.3 is 28.5 Å². The number of ether oxygens (including phenoxy) is 4. The van der Waals surface area contributed by atoms with Crippen LogP contribution in [-0.4, -0.2) is 87.4 Å². The lowest BCUT2D eigenvalue weighted by molar-refractivity contribution is -0.870. The maximum atomic E-state index is 12.9. The van der Waals surface area contributed by atoms with Crippen LogP contribution in [0, 0.1) is 0 Å². The summed E-state index contributed by atoms with van der Waals surface area (Å²) in [6, 6.07) is 0. The molecule has 1 N–H and O–H groups in total. The Labute approximate surface area is 519 Å². The van der Waals surface area contributed by atoms with Crippen molar-refractivity contribution < 1.29 is 42.9 Å². The van der Waals surface area contributed by atoms with Crippen molar-refractivity contribution in [2.75, 3.05) is 47.5 Å². The largest absolute Gasteiger partial charge is 0.477 e. The van der Waals surface area contributed by atoms with E-state index in [9.17, 15) is 19.5 Å². The molecule has 0 aliphatic rings. The summed E-state index contributed by atoms with van der Waals surface area (Å²) < 4.78 is 23.0. The highest BCUT2D eigenvalue weighted by Gasteiger charge is 2.25. The van der Waals surface area contributed by atoms with Crippen LogP contribution in [0.25, 0.3) is 0 Å². The number of nitrogens with zero attached hydrogens (tertiary/aromatic N) is 1. The lowest BCUT2D eigenvalue weighted by Gasteiger charge is -2.25. The molecule has 9 heteroatoms. The van der Waals surface area contributed by atoms with Crippen molar-refractivity contribution in [1.82, 2.24) is 0 Å². The fourth-order valence-corrected chi connectivity index (χ4v) is 10.1. The standard InChI is InChI=1S/C75H133NO8/c1-6-8-10-12-14-16-18-20-22-24-26-28-30-32-33-34-35-36-37-38-39-40-41-42-44-46-48-50-52-54-56-58-60-62-64-66-73(78)84-71(70-83-75(74(79)80)81-68-67-76(3,4)5)69-82-72(77)65-63-61-59-57-55-53-51-49-47-45-43-31-29-27-25-23-21-19-17-15-13-11-9-7-2/h8,10,14,16,20,22,26,28,32-33,35-36,38-39,71,75H,6-7,9,11-13,15,17-19,21,23-25,27,29-31,34,37,40-70H2,1-5H3/p+1/b10-8-,16-14-,22-20-,28-26-,33-32-,36-35-,39-38-. The second-order valence-electron chi connectivity index (χ2n) is 24.8. The topological polar surface area (TPSA) is 108 Å². The van der Waals surface area contributed by atoms with E-state index in [2.05, 4.69) is 98.9 Å². The van der Waals surface area contributed by atoms with Crippen molar-refractivity contribution in [2.24, 2.45) is 0 Å². The quantitative estimate of drug-likeness (QED) is 0.0211. The Morgan fingerprint density at radius 2 is 0.679 bits per heavy atom. The minimum Gasteiger partial charge on any atom is -0.477 e. The Balaban J connectivity index is 4.10. The highest BCUT2D eigenvalue weighted by atomic mass is 16.7. The molecule has 0 rings (SSSR count). The van der Waals surface area contributed by atoms with Gasteiger partial charge in [-0.3, -0.25) is 9.59 Å². The first-order valence-corrected chi connectivity index (χ1v) is 35.3. The third-order valence-electron chi connectivity index (χ3n) is 15.4. The minimum absolute atomic E-state index is 0.181. The van der Waals surface area contributed by atoms with Gasteiger partial charge in [-0.1, -0.05) is 317 Å². The molecule has 0 fully saturated rings. The van der Waals surface area contributed by atoms with Gasteiger partial charge in [0.05, 0.1) is 34.4 Å². The second kappa shape index (κ2) is 65.4. The summed E-state index contributed by atoms with van der Waals surface area (Å²) in [5.41, 5.74) is 0. The summed E-state index contributed by atoms with van der Waals surface area (Å²) in [5.74, 6) is -1.99. The third-order valence-corrected chi connectivity index (χ3v) is 15.4. The lowest BCUT2D eigenvalue weighted by atomic mass is 10.0. The van der Waals surface area contributed by atoms with E-state index in [0.29, 0.717) is 17.4 Å². The molecule has 9 nitrogen and oxygen atoms in total. The number of quaternary nitrogens is 1. The van der Waals surface area contributed by atoms with E-state index in [4.69, 9.17) is 18.9 Å². The van der Waals surface area contributed by atoms with Crippen molar-refractivity contribution in [3.05, 3.63) is 85.1 Å². The number of hydrogen-bond acceptors (Lipinski definition) is 7. The van der Waals surface area contributed by atoms with E-state index in [1.807, 2.05) is 21.1 Å². The molecule has 0 saturated carbocycles. The fourth-order valence-electron chi connectivity index (χ4n) is 10.1. The molecule has 2 unspecified atom stereocenters. The van der Waals surface area contributed by atoms with Gasteiger partial charge >= 0.3 is 17.9 Å². The van der Waals surface area contributed by atoms with E-state index in [1.165, 1.54) is 205 Å². The summed E-state index contributed by atoms with van der Waals surface area (Å²) in [5, 5.41) is 9.75. The number of allylic oxidation sites excluding steroid dienone is 14. The molecule has 0 aromatic rings. The van der Waals surface area contributed by atoms with Crippen molar-refractivity contribution in [2.45, 2.75) is 328 Å². The first kappa shape index (κ1) is 80.5. The number of carbonyl (C=O) groups is 3. The lowest BCUT2D eigenvalue weighted by Crippen LogP contribution is -2.40. The summed E-state index contributed by atoms with van der Waals surface area (Å²) in [6.07, 6.45) is 85.5. The minimum atomic E-state index is -1.51. The molecule has 0 aromatic carbocycles. The first-order chi connectivity index (χ1) is 41.1. The van der Waals surface area contributed by atoms with Crippen molar-refractivity contribution in [3.8, 4) is 0 Å². The molecular formula is C75H134NO8+. The van der Waals surface area contributed by atoms with E-state index < -0.39 is 24.3 Å². The van der Waals surface area contributed by atoms with Crippen molar-refractivity contribution in [1.29, 1.82) is 0 Å². The molecule has 0 bridgehead atoms. The zero-order valence-electron chi connectivity index (χ0n) is 55.6. The number of likely N-dealkylation sites (N-methyl/N-ethyl adjacent to an activating group) is 1. The summed E-state index contributed by atoms with van der Waals surface area (Å²) >= 11 is 0.